The van der Waals surface area contributed by atoms with Crippen LogP contribution in [0.3, 0.4) is 0 Å². The molecule has 7 nitrogen and oxygen atoms in total. The molecule has 0 aliphatic heterocycles. The van der Waals surface area contributed by atoms with E-state index in [2.05, 4.69) is 0 Å². The van der Waals surface area contributed by atoms with Crippen LogP contribution < -0.4 is 0 Å². The summed E-state index contributed by atoms with van der Waals surface area (Å²) in [7, 11) is 6.32. The molecule has 0 fully saturated rings. The number of allylic oxidation sites excluding steroid dienone is 1. The Balaban J connectivity index is 2.86. The molecule has 0 heterocycles. The molecule has 1 aliphatic carbocycles. The Morgan fingerprint density at radius 1 is 0.955 bits per heavy atom. The molecule has 0 saturated carbocycles. The van der Waals surface area contributed by atoms with Gasteiger partial charge >= 0.3 is 0 Å². The van der Waals surface area contributed by atoms with Gasteiger partial charge in [-0.15, -0.1) is 0 Å². The molecule has 0 amide bonds. The molecule has 0 saturated heterocycles. The van der Waals surface area contributed by atoms with Crippen LogP contribution in [0.1, 0.15) is 6.42 Å². The molecule has 0 N–H and O–H groups in total. The highest BCUT2D eigenvalue weighted by molar-refractivity contribution is 5.25. The van der Waals surface area contributed by atoms with Crippen molar-refractivity contribution in [3.05, 3.63) is 24.0 Å². The maximum Gasteiger partial charge on any atom is 0.147 e. The van der Waals surface area contributed by atoms with Crippen molar-refractivity contribution in [2.24, 2.45) is 0 Å². The summed E-state index contributed by atoms with van der Waals surface area (Å²) in [6.45, 7) is 0.490. The van der Waals surface area contributed by atoms with Crippen molar-refractivity contribution in [1.82, 2.24) is 0 Å². The van der Waals surface area contributed by atoms with E-state index in [1.165, 1.54) is 0 Å². The normalized spacial score (nSPS) is 25.5. The SMILES string of the molecule is COC=CC1=C[C@@H](OCOC)[C@@H](OCOC)[C@H](OCOC)C1. The van der Waals surface area contributed by atoms with E-state index >= 15 is 0 Å². The van der Waals surface area contributed by atoms with E-state index in [0.29, 0.717) is 6.42 Å². The molecule has 0 aromatic carbocycles. The van der Waals surface area contributed by atoms with Crippen LogP contribution in [0.15, 0.2) is 24.0 Å². The first-order valence-corrected chi connectivity index (χ1v) is 6.98. The molecule has 0 aromatic heterocycles. The number of ether oxygens (including phenoxy) is 7. The van der Waals surface area contributed by atoms with Gasteiger partial charge in [-0.25, -0.2) is 0 Å². The highest BCUT2D eigenvalue weighted by Gasteiger charge is 2.35. The van der Waals surface area contributed by atoms with Gasteiger partial charge in [0.2, 0.25) is 0 Å². The van der Waals surface area contributed by atoms with Gasteiger partial charge < -0.3 is 33.2 Å². The molecule has 0 spiro atoms. The molecule has 128 valence electrons. The second-order valence-corrected chi connectivity index (χ2v) is 4.67. The molecule has 1 rings (SSSR count). The molecular formula is C15H26O7. The van der Waals surface area contributed by atoms with E-state index in [0.717, 1.165) is 5.57 Å². The van der Waals surface area contributed by atoms with Crippen molar-refractivity contribution in [2.75, 3.05) is 48.8 Å². The quantitative estimate of drug-likeness (QED) is 0.422. The monoisotopic (exact) mass is 318 g/mol. The van der Waals surface area contributed by atoms with Gasteiger partial charge in [0.25, 0.3) is 0 Å². The summed E-state index contributed by atoms with van der Waals surface area (Å²) < 4.78 is 37.1. The minimum Gasteiger partial charge on any atom is -0.504 e. The Bertz CT molecular complexity index is 343. The molecule has 1 aliphatic rings. The van der Waals surface area contributed by atoms with E-state index in [1.807, 2.05) is 12.2 Å². The summed E-state index contributed by atoms with van der Waals surface area (Å²) in [5.41, 5.74) is 1.03. The maximum absolute atomic E-state index is 5.72. The summed E-state index contributed by atoms with van der Waals surface area (Å²) in [5, 5.41) is 0. The van der Waals surface area contributed by atoms with Gasteiger partial charge in [0.15, 0.2) is 0 Å². The Morgan fingerprint density at radius 2 is 1.59 bits per heavy atom. The van der Waals surface area contributed by atoms with Crippen molar-refractivity contribution in [3.63, 3.8) is 0 Å². The zero-order valence-electron chi connectivity index (χ0n) is 13.7. The van der Waals surface area contributed by atoms with E-state index < -0.39 is 0 Å². The molecular weight excluding hydrogens is 292 g/mol. The Hall–Kier alpha value is -0.960. The molecule has 7 heteroatoms. The molecule has 3 atom stereocenters. The van der Waals surface area contributed by atoms with Gasteiger partial charge in [0.1, 0.15) is 32.6 Å². The van der Waals surface area contributed by atoms with E-state index in [1.54, 1.807) is 34.7 Å². The number of methoxy groups -OCH3 is 4. The van der Waals surface area contributed by atoms with E-state index in [9.17, 15) is 0 Å². The summed E-state index contributed by atoms with van der Waals surface area (Å²) in [4.78, 5) is 0. The molecule has 22 heavy (non-hydrogen) atoms. The lowest BCUT2D eigenvalue weighted by Crippen LogP contribution is -2.45. The second-order valence-electron chi connectivity index (χ2n) is 4.67. The van der Waals surface area contributed by atoms with Crippen molar-refractivity contribution in [3.8, 4) is 0 Å². The minimum absolute atomic E-state index is 0.154. The van der Waals surface area contributed by atoms with Gasteiger partial charge in [0.05, 0.1) is 19.5 Å². The second kappa shape index (κ2) is 11.6. The average Bonchev–Trinajstić information content (AvgIpc) is 2.54. The lowest BCUT2D eigenvalue weighted by molar-refractivity contribution is -0.200. The van der Waals surface area contributed by atoms with Gasteiger partial charge in [-0.3, -0.25) is 0 Å². The smallest absolute Gasteiger partial charge is 0.147 e. The third kappa shape index (κ3) is 6.43. The highest BCUT2D eigenvalue weighted by atomic mass is 16.7. The fraction of sp³-hybridized carbons (Fsp3) is 0.733. The standard InChI is InChI=1S/C15H26O7/c1-16-6-5-12-7-13(20-9-17-2)15(22-11-19-4)14(8-12)21-10-18-3/h5-7,13-15H,8-11H2,1-4H3/t13-,14-,15-/m1/s1. The van der Waals surface area contributed by atoms with Crippen LogP contribution in [0.2, 0.25) is 0 Å². The van der Waals surface area contributed by atoms with Gasteiger partial charge in [-0.05, 0) is 17.7 Å². The van der Waals surface area contributed by atoms with Crippen molar-refractivity contribution < 1.29 is 33.2 Å². The highest BCUT2D eigenvalue weighted by Crippen LogP contribution is 2.27. The molecule has 0 radical (unpaired) electrons. The largest absolute Gasteiger partial charge is 0.504 e. The lowest BCUT2D eigenvalue weighted by Gasteiger charge is -2.35. The zero-order chi connectivity index (χ0) is 16.2. The van der Waals surface area contributed by atoms with Crippen molar-refractivity contribution in [2.45, 2.75) is 24.7 Å². The van der Waals surface area contributed by atoms with Crippen LogP contribution in [0, 0.1) is 0 Å². The van der Waals surface area contributed by atoms with Crippen LogP contribution in [-0.2, 0) is 33.2 Å². The number of rotatable bonds is 11. The first-order chi connectivity index (χ1) is 10.8. The summed E-state index contributed by atoms with van der Waals surface area (Å²) in [5.74, 6) is 0. The van der Waals surface area contributed by atoms with Crippen molar-refractivity contribution >= 4 is 0 Å². The first-order valence-electron chi connectivity index (χ1n) is 6.98. The number of hydrogen-bond acceptors (Lipinski definition) is 7. The predicted molar refractivity (Wildman–Crippen MR) is 79.1 cm³/mol. The summed E-state index contributed by atoms with van der Waals surface area (Å²) >= 11 is 0. The fourth-order valence-corrected chi connectivity index (χ4v) is 2.16. The summed E-state index contributed by atoms with van der Waals surface area (Å²) in [6, 6.07) is 0. The molecule has 0 bridgehead atoms. The Labute approximate surface area is 131 Å². The van der Waals surface area contributed by atoms with Gasteiger partial charge in [-0.2, -0.15) is 0 Å². The van der Waals surface area contributed by atoms with Crippen LogP contribution >= 0.6 is 0 Å². The topological polar surface area (TPSA) is 64.6 Å². The summed E-state index contributed by atoms with van der Waals surface area (Å²) in [6.07, 6.45) is 5.26. The van der Waals surface area contributed by atoms with Crippen LogP contribution in [0.25, 0.3) is 0 Å². The Morgan fingerprint density at radius 3 is 2.23 bits per heavy atom. The lowest BCUT2D eigenvalue weighted by atomic mass is 9.91. The average molecular weight is 318 g/mol. The zero-order valence-corrected chi connectivity index (χ0v) is 13.7. The first kappa shape index (κ1) is 19.1. The Kier molecular flexibility index (Phi) is 10.1. The maximum atomic E-state index is 5.72. The van der Waals surface area contributed by atoms with Gasteiger partial charge in [-0.1, -0.05) is 0 Å². The van der Waals surface area contributed by atoms with Crippen molar-refractivity contribution in [1.29, 1.82) is 0 Å². The third-order valence-corrected chi connectivity index (χ3v) is 3.08. The predicted octanol–water partition coefficient (Wildman–Crippen LogP) is 1.44. The molecule has 0 aromatic rings. The van der Waals surface area contributed by atoms with Crippen LogP contribution in [0.5, 0.6) is 0 Å². The third-order valence-electron chi connectivity index (χ3n) is 3.08. The molecule has 0 unspecified atom stereocenters. The van der Waals surface area contributed by atoms with Crippen LogP contribution in [-0.4, -0.2) is 67.1 Å². The van der Waals surface area contributed by atoms with Gasteiger partial charge in [0, 0.05) is 27.8 Å². The van der Waals surface area contributed by atoms with Crippen LogP contribution in [0.4, 0.5) is 0 Å². The minimum atomic E-state index is -0.317. The van der Waals surface area contributed by atoms with E-state index in [4.69, 9.17) is 33.2 Å². The fourth-order valence-electron chi connectivity index (χ4n) is 2.16. The van der Waals surface area contributed by atoms with E-state index in [-0.39, 0.29) is 38.7 Å². The number of hydrogen-bond donors (Lipinski definition) is 0.